The van der Waals surface area contributed by atoms with Gasteiger partial charge in [0.25, 0.3) is 5.91 Å². The van der Waals surface area contributed by atoms with Gasteiger partial charge in [-0.05, 0) is 89.3 Å². The molecule has 2 aliphatic heterocycles. The van der Waals surface area contributed by atoms with E-state index in [2.05, 4.69) is 15.5 Å². The maximum absolute atomic E-state index is 12.5. The summed E-state index contributed by atoms with van der Waals surface area (Å²) in [5.41, 5.74) is 1.60. The second-order valence-corrected chi connectivity index (χ2v) is 12.8. The summed E-state index contributed by atoms with van der Waals surface area (Å²) in [6.07, 6.45) is 4.56. The lowest BCUT2D eigenvalue weighted by Gasteiger charge is -2.32. The molecule has 1 N–H and O–H groups in total. The summed E-state index contributed by atoms with van der Waals surface area (Å²) in [5.74, 6) is 2.14. The van der Waals surface area contributed by atoms with Crippen molar-refractivity contribution in [2.24, 2.45) is 0 Å². The minimum absolute atomic E-state index is 0.0433. The Kier molecular flexibility index (Phi) is 8.29. The number of ether oxygens (including phenoxy) is 2. The van der Waals surface area contributed by atoms with Crippen molar-refractivity contribution in [3.05, 3.63) is 59.5 Å². The lowest BCUT2D eigenvalue weighted by molar-refractivity contribution is -0.128. The van der Waals surface area contributed by atoms with Crippen LogP contribution in [0.5, 0.6) is 11.5 Å². The van der Waals surface area contributed by atoms with Gasteiger partial charge in [-0.25, -0.2) is 4.79 Å². The molecule has 1 aliphatic carbocycles. The van der Waals surface area contributed by atoms with Crippen LogP contribution in [0, 0.1) is 0 Å². The van der Waals surface area contributed by atoms with E-state index in [1.54, 1.807) is 29.2 Å². The molecular weight excluding hydrogens is 562 g/mol. The van der Waals surface area contributed by atoms with Crippen molar-refractivity contribution in [2.45, 2.75) is 83.4 Å². The number of hydrogen-bond donors (Lipinski definition) is 1. The van der Waals surface area contributed by atoms with E-state index in [-0.39, 0.29) is 29.9 Å². The Balaban J connectivity index is 1.17. The average molecular weight is 602 g/mol. The second kappa shape index (κ2) is 12.3. The van der Waals surface area contributed by atoms with Crippen molar-refractivity contribution in [2.75, 3.05) is 19.6 Å². The van der Waals surface area contributed by atoms with Crippen LogP contribution in [-0.4, -0.2) is 69.2 Å². The summed E-state index contributed by atoms with van der Waals surface area (Å²) < 4.78 is 18.0. The molecule has 1 saturated carbocycles. The van der Waals surface area contributed by atoms with E-state index in [0.717, 1.165) is 24.8 Å². The van der Waals surface area contributed by atoms with E-state index < -0.39 is 5.60 Å². The highest BCUT2D eigenvalue weighted by atomic mass is 16.6. The van der Waals surface area contributed by atoms with Crippen LogP contribution in [0.4, 0.5) is 4.79 Å². The summed E-state index contributed by atoms with van der Waals surface area (Å²) in [6, 6.07) is 13.0. The zero-order valence-electron chi connectivity index (χ0n) is 25.5. The highest BCUT2D eigenvalue weighted by Gasteiger charge is 2.30. The third-order valence-corrected chi connectivity index (χ3v) is 8.04. The van der Waals surface area contributed by atoms with E-state index in [1.165, 1.54) is 0 Å². The first-order chi connectivity index (χ1) is 21.1. The molecule has 11 nitrogen and oxygen atoms in total. The van der Waals surface area contributed by atoms with Crippen LogP contribution in [0.25, 0.3) is 11.5 Å². The fourth-order valence-electron chi connectivity index (χ4n) is 5.44. The van der Waals surface area contributed by atoms with Crippen LogP contribution in [0.3, 0.4) is 0 Å². The molecule has 2 saturated heterocycles. The van der Waals surface area contributed by atoms with E-state index >= 15 is 0 Å². The van der Waals surface area contributed by atoms with Gasteiger partial charge in [0, 0.05) is 61.2 Å². The number of carbonyl (C=O) groups is 3. The molecule has 0 bridgehead atoms. The summed E-state index contributed by atoms with van der Waals surface area (Å²) in [7, 11) is 0. The first-order valence-corrected chi connectivity index (χ1v) is 15.4. The van der Waals surface area contributed by atoms with Crippen LogP contribution >= 0.6 is 0 Å². The number of carbonyl (C=O) groups excluding carboxylic acids is 3. The molecular formula is C33H39N5O6. The fraction of sp³-hybridized carbons (Fsp3) is 0.485. The van der Waals surface area contributed by atoms with Crippen molar-refractivity contribution < 1.29 is 28.3 Å². The Morgan fingerprint density at radius 1 is 1.00 bits per heavy atom. The molecule has 6 rings (SSSR count). The number of benzene rings is 2. The normalized spacial score (nSPS) is 17.6. The predicted molar refractivity (Wildman–Crippen MR) is 161 cm³/mol. The van der Waals surface area contributed by atoms with Gasteiger partial charge in [0.1, 0.15) is 17.1 Å². The van der Waals surface area contributed by atoms with Crippen LogP contribution in [0.1, 0.15) is 87.0 Å². The van der Waals surface area contributed by atoms with Gasteiger partial charge in [0.2, 0.25) is 17.7 Å². The first kappa shape index (κ1) is 29.7. The monoisotopic (exact) mass is 601 g/mol. The van der Waals surface area contributed by atoms with E-state index in [0.29, 0.717) is 79.8 Å². The second-order valence-electron chi connectivity index (χ2n) is 12.8. The zero-order chi connectivity index (χ0) is 30.8. The maximum atomic E-state index is 12.5. The van der Waals surface area contributed by atoms with Gasteiger partial charge in [0.15, 0.2) is 0 Å². The van der Waals surface area contributed by atoms with Crippen molar-refractivity contribution in [3.8, 4) is 23.0 Å². The number of rotatable bonds is 8. The molecule has 3 aromatic rings. The molecule has 232 valence electrons. The van der Waals surface area contributed by atoms with Crippen molar-refractivity contribution >= 4 is 17.9 Å². The largest absolute Gasteiger partial charge is 0.457 e. The number of piperidine rings is 1. The number of likely N-dealkylation sites (tertiary alicyclic amines) is 2. The summed E-state index contributed by atoms with van der Waals surface area (Å²) in [6.45, 7) is 7.84. The summed E-state index contributed by atoms with van der Waals surface area (Å²) in [5, 5.41) is 11.7. The van der Waals surface area contributed by atoms with Crippen LogP contribution in [0.15, 0.2) is 46.9 Å². The minimum Gasteiger partial charge on any atom is -0.457 e. The fourth-order valence-corrected chi connectivity index (χ4v) is 5.44. The van der Waals surface area contributed by atoms with E-state index in [4.69, 9.17) is 13.9 Å². The smallest absolute Gasteiger partial charge is 0.410 e. The van der Waals surface area contributed by atoms with Gasteiger partial charge < -0.3 is 29.0 Å². The molecule has 2 aromatic carbocycles. The third-order valence-electron chi connectivity index (χ3n) is 8.04. The SMILES string of the molecule is CC(C)(C)OC(=O)N1CCC(c2nnc(-c3ccc(CN4CCCC4=O)c(Oc4ccc(C(=O)NC5CC5)cc4)c3)o2)CC1. The molecule has 0 unspecified atom stereocenters. The molecule has 3 amide bonds. The molecule has 3 heterocycles. The Morgan fingerprint density at radius 2 is 1.75 bits per heavy atom. The van der Waals surface area contributed by atoms with Crippen molar-refractivity contribution in [3.63, 3.8) is 0 Å². The maximum Gasteiger partial charge on any atom is 0.410 e. The van der Waals surface area contributed by atoms with E-state index in [1.807, 2.05) is 43.9 Å². The highest BCUT2D eigenvalue weighted by Crippen LogP contribution is 2.34. The lowest BCUT2D eigenvalue weighted by atomic mass is 9.97. The predicted octanol–water partition coefficient (Wildman–Crippen LogP) is 5.66. The third kappa shape index (κ3) is 7.20. The molecule has 3 aliphatic rings. The number of nitrogens with zero attached hydrogens (tertiary/aromatic N) is 4. The molecule has 0 spiro atoms. The Morgan fingerprint density at radius 3 is 2.41 bits per heavy atom. The highest BCUT2D eigenvalue weighted by molar-refractivity contribution is 5.94. The summed E-state index contributed by atoms with van der Waals surface area (Å²) >= 11 is 0. The number of amides is 3. The number of aromatic nitrogens is 2. The molecule has 0 radical (unpaired) electrons. The molecule has 1 aromatic heterocycles. The van der Waals surface area contributed by atoms with Gasteiger partial charge in [0.05, 0.1) is 0 Å². The van der Waals surface area contributed by atoms with Crippen LogP contribution in [0.2, 0.25) is 0 Å². The molecule has 11 heteroatoms. The van der Waals surface area contributed by atoms with Gasteiger partial charge in [-0.3, -0.25) is 9.59 Å². The number of hydrogen-bond acceptors (Lipinski definition) is 8. The Labute approximate surface area is 256 Å². The Bertz CT molecular complexity index is 1520. The number of nitrogens with one attached hydrogen (secondary N) is 1. The van der Waals surface area contributed by atoms with Gasteiger partial charge in [-0.15, -0.1) is 10.2 Å². The first-order valence-electron chi connectivity index (χ1n) is 15.4. The van der Waals surface area contributed by atoms with E-state index in [9.17, 15) is 14.4 Å². The topological polar surface area (TPSA) is 127 Å². The van der Waals surface area contributed by atoms with Gasteiger partial charge >= 0.3 is 6.09 Å². The molecule has 44 heavy (non-hydrogen) atoms. The van der Waals surface area contributed by atoms with Crippen LogP contribution in [-0.2, 0) is 16.1 Å². The standard InChI is InChI=1S/C33H39N5O6/c1-33(2,3)44-32(41)37-17-14-22(15-18-37)30-35-36-31(43-30)23-6-7-24(20-38-16-4-5-28(38)39)27(19-23)42-26-12-8-21(9-13-26)29(40)34-25-10-11-25/h6-9,12-13,19,22,25H,4-5,10-11,14-18,20H2,1-3H3,(H,34,40). The quantitative estimate of drug-likeness (QED) is 0.351. The molecule has 0 atom stereocenters. The van der Waals surface area contributed by atoms with Gasteiger partial charge in [-0.2, -0.15) is 0 Å². The van der Waals surface area contributed by atoms with Crippen LogP contribution < -0.4 is 10.1 Å². The Hall–Kier alpha value is -4.41. The average Bonchev–Trinajstić information content (AvgIpc) is 3.50. The minimum atomic E-state index is -0.535. The van der Waals surface area contributed by atoms with Crippen molar-refractivity contribution in [1.82, 2.24) is 25.3 Å². The van der Waals surface area contributed by atoms with Gasteiger partial charge in [-0.1, -0.05) is 6.07 Å². The zero-order valence-corrected chi connectivity index (χ0v) is 25.5. The van der Waals surface area contributed by atoms with Crippen molar-refractivity contribution in [1.29, 1.82) is 0 Å². The molecule has 3 fully saturated rings. The summed E-state index contributed by atoms with van der Waals surface area (Å²) in [4.78, 5) is 40.8. The lowest BCUT2D eigenvalue weighted by Crippen LogP contribution is -2.41.